The molecule has 0 aromatic heterocycles. The van der Waals surface area contributed by atoms with Crippen LogP contribution in [0.15, 0.2) is 30.3 Å². The summed E-state index contributed by atoms with van der Waals surface area (Å²) in [7, 11) is 0. The van der Waals surface area contributed by atoms with Crippen LogP contribution >= 0.6 is 0 Å². The van der Waals surface area contributed by atoms with Crippen LogP contribution in [0.5, 0.6) is 0 Å². The van der Waals surface area contributed by atoms with Gasteiger partial charge in [-0.1, -0.05) is 30.3 Å². The Morgan fingerprint density at radius 3 is 1.88 bits per heavy atom. The summed E-state index contributed by atoms with van der Waals surface area (Å²) in [5.74, 6) is -2.12. The van der Waals surface area contributed by atoms with E-state index in [1.165, 1.54) is 0 Å². The SMILES string of the molecule is O=C1NC(=O)C(c2ccccc2)C(=O)N1.[NaH]. The summed E-state index contributed by atoms with van der Waals surface area (Å²) in [6, 6.07) is 7.81. The van der Waals surface area contributed by atoms with Gasteiger partial charge in [-0.3, -0.25) is 20.2 Å². The molecule has 0 aliphatic carbocycles. The summed E-state index contributed by atoms with van der Waals surface area (Å²) in [6.07, 6.45) is 0. The maximum absolute atomic E-state index is 11.4. The molecule has 78 valence electrons. The van der Waals surface area contributed by atoms with Crippen molar-refractivity contribution in [3.8, 4) is 0 Å². The molecule has 4 amide bonds. The number of nitrogens with one attached hydrogen (secondary N) is 2. The van der Waals surface area contributed by atoms with Gasteiger partial charge in [-0.05, 0) is 5.56 Å². The fourth-order valence-electron chi connectivity index (χ4n) is 1.47. The Kier molecular flexibility index (Phi) is 4.23. The van der Waals surface area contributed by atoms with Crippen LogP contribution in [-0.2, 0) is 9.59 Å². The van der Waals surface area contributed by atoms with Crippen molar-refractivity contribution in [3.63, 3.8) is 0 Å². The summed E-state index contributed by atoms with van der Waals surface area (Å²) >= 11 is 0. The van der Waals surface area contributed by atoms with E-state index in [0.29, 0.717) is 5.56 Å². The third kappa shape index (κ3) is 2.49. The van der Waals surface area contributed by atoms with E-state index in [2.05, 4.69) is 0 Å². The first kappa shape index (κ1) is 12.9. The van der Waals surface area contributed by atoms with Gasteiger partial charge >= 0.3 is 35.6 Å². The summed E-state index contributed by atoms with van der Waals surface area (Å²) in [6.45, 7) is 0. The van der Waals surface area contributed by atoms with Crippen LogP contribution in [0.1, 0.15) is 11.5 Å². The summed E-state index contributed by atoms with van der Waals surface area (Å²) in [5.41, 5.74) is 0.569. The zero-order valence-corrected chi connectivity index (χ0v) is 7.69. The van der Waals surface area contributed by atoms with Gasteiger partial charge < -0.3 is 0 Å². The molecule has 5 nitrogen and oxygen atoms in total. The quantitative estimate of drug-likeness (QED) is 0.502. The van der Waals surface area contributed by atoms with Crippen molar-refractivity contribution in [2.45, 2.75) is 5.92 Å². The van der Waals surface area contributed by atoms with Crippen LogP contribution < -0.4 is 10.6 Å². The van der Waals surface area contributed by atoms with Crippen molar-refractivity contribution >= 4 is 47.4 Å². The molecule has 0 bridgehead atoms. The normalized spacial score (nSPS) is 16.1. The zero-order chi connectivity index (χ0) is 10.8. The van der Waals surface area contributed by atoms with Crippen molar-refractivity contribution in [3.05, 3.63) is 35.9 Å². The van der Waals surface area contributed by atoms with Crippen molar-refractivity contribution < 1.29 is 14.4 Å². The van der Waals surface area contributed by atoms with Crippen LogP contribution in [0, 0.1) is 0 Å². The molecule has 1 saturated heterocycles. The number of hydrogen-bond acceptors (Lipinski definition) is 3. The van der Waals surface area contributed by atoms with E-state index < -0.39 is 23.8 Å². The second-order valence-electron chi connectivity index (χ2n) is 3.15. The fourth-order valence-corrected chi connectivity index (χ4v) is 1.47. The first-order chi connectivity index (χ1) is 7.18. The summed E-state index contributed by atoms with van der Waals surface area (Å²) < 4.78 is 0. The Balaban J connectivity index is 0.00000128. The predicted molar refractivity (Wildman–Crippen MR) is 58.0 cm³/mol. The number of carbonyl (C=O) groups is 3. The van der Waals surface area contributed by atoms with Crippen LogP contribution in [0.4, 0.5) is 4.79 Å². The van der Waals surface area contributed by atoms with Crippen molar-refractivity contribution in [2.24, 2.45) is 0 Å². The molecule has 2 N–H and O–H groups in total. The maximum atomic E-state index is 11.4. The molecule has 1 aliphatic heterocycles. The van der Waals surface area contributed by atoms with Gasteiger partial charge in [0.25, 0.3) is 0 Å². The average Bonchev–Trinajstić information content (AvgIpc) is 2.17. The van der Waals surface area contributed by atoms with Gasteiger partial charge in [0.15, 0.2) is 0 Å². The van der Waals surface area contributed by atoms with Gasteiger partial charge in [-0.2, -0.15) is 0 Å². The first-order valence-electron chi connectivity index (χ1n) is 4.39. The molecule has 0 unspecified atom stereocenters. The van der Waals surface area contributed by atoms with Crippen LogP contribution in [0.3, 0.4) is 0 Å². The van der Waals surface area contributed by atoms with Crippen molar-refractivity contribution in [1.29, 1.82) is 0 Å². The van der Waals surface area contributed by atoms with Crippen molar-refractivity contribution in [2.75, 3.05) is 0 Å². The summed E-state index contributed by atoms with van der Waals surface area (Å²) in [4.78, 5) is 33.6. The fraction of sp³-hybridized carbons (Fsp3) is 0.100. The van der Waals surface area contributed by atoms with Crippen LogP contribution in [0.2, 0.25) is 0 Å². The van der Waals surface area contributed by atoms with Gasteiger partial charge in [-0.25, -0.2) is 4.79 Å². The number of benzene rings is 1. The van der Waals surface area contributed by atoms with E-state index >= 15 is 0 Å². The van der Waals surface area contributed by atoms with Gasteiger partial charge in [0.1, 0.15) is 5.92 Å². The van der Waals surface area contributed by atoms with Gasteiger partial charge in [0.2, 0.25) is 11.8 Å². The molecular formula is C10H9N2NaO3. The molecule has 1 aromatic carbocycles. The monoisotopic (exact) mass is 228 g/mol. The molecule has 2 rings (SSSR count). The Hall–Kier alpha value is -1.17. The molecule has 6 heteroatoms. The molecule has 0 radical (unpaired) electrons. The third-order valence-corrected chi connectivity index (χ3v) is 2.13. The first-order valence-corrected chi connectivity index (χ1v) is 4.39. The molecule has 1 aromatic rings. The number of barbiturate groups is 1. The molecule has 16 heavy (non-hydrogen) atoms. The minimum atomic E-state index is -0.941. The summed E-state index contributed by atoms with van der Waals surface area (Å²) in [5, 5.41) is 4.10. The topological polar surface area (TPSA) is 75.3 Å². The van der Waals surface area contributed by atoms with E-state index in [9.17, 15) is 14.4 Å². The Labute approximate surface area is 114 Å². The van der Waals surface area contributed by atoms with Crippen LogP contribution in [-0.4, -0.2) is 47.4 Å². The molecule has 0 saturated carbocycles. The molecule has 0 atom stereocenters. The predicted octanol–water partition coefficient (Wildman–Crippen LogP) is -0.512. The second kappa shape index (κ2) is 5.25. The Bertz CT molecular complexity index is 413. The molecule has 1 fully saturated rings. The van der Waals surface area contributed by atoms with Gasteiger partial charge in [-0.15, -0.1) is 0 Å². The standard InChI is InChI=1S/C10H8N2O3.Na.H/c13-8-7(6-4-2-1-3-5-6)9(14)12-10(15)11-8;;/h1-5,7H,(H2,11,12,13,14,15);;. The van der Waals surface area contributed by atoms with Gasteiger partial charge in [0.05, 0.1) is 0 Å². The number of hydrogen-bond donors (Lipinski definition) is 2. The van der Waals surface area contributed by atoms with E-state index in [0.717, 1.165) is 0 Å². The Morgan fingerprint density at radius 2 is 1.38 bits per heavy atom. The molecule has 1 heterocycles. The van der Waals surface area contributed by atoms with E-state index in [1.54, 1.807) is 30.3 Å². The number of imide groups is 2. The number of carbonyl (C=O) groups excluding carboxylic acids is 3. The van der Waals surface area contributed by atoms with E-state index in [1.807, 2.05) is 10.6 Å². The Morgan fingerprint density at radius 1 is 0.875 bits per heavy atom. The third-order valence-electron chi connectivity index (χ3n) is 2.13. The van der Waals surface area contributed by atoms with Crippen molar-refractivity contribution in [1.82, 2.24) is 10.6 Å². The number of rotatable bonds is 1. The molecule has 1 aliphatic rings. The molecule has 0 spiro atoms. The second-order valence-corrected chi connectivity index (χ2v) is 3.15. The number of amides is 4. The van der Waals surface area contributed by atoms with Gasteiger partial charge in [0, 0.05) is 0 Å². The minimum absolute atomic E-state index is 0. The van der Waals surface area contributed by atoms with E-state index in [-0.39, 0.29) is 29.6 Å². The number of urea groups is 1. The van der Waals surface area contributed by atoms with E-state index in [4.69, 9.17) is 0 Å². The van der Waals surface area contributed by atoms with Crippen LogP contribution in [0.25, 0.3) is 0 Å². The zero-order valence-electron chi connectivity index (χ0n) is 7.69. The molecular weight excluding hydrogens is 219 g/mol. The average molecular weight is 228 g/mol.